The average molecular weight is 160 g/mol. The molecule has 0 heterocycles. The second kappa shape index (κ2) is 2.38. The summed E-state index contributed by atoms with van der Waals surface area (Å²) in [6, 6.07) is 0. The molecule has 1 unspecified atom stereocenters. The molecule has 0 bridgehead atoms. The van der Waals surface area contributed by atoms with E-state index in [2.05, 4.69) is 0 Å². The first-order chi connectivity index (χ1) is 4.19. The Labute approximate surface area is 55.7 Å². The predicted octanol–water partition coefficient (Wildman–Crippen LogP) is 1.66. The molecule has 0 saturated heterocycles. The summed E-state index contributed by atoms with van der Waals surface area (Å²) in [5.74, 6) is -8.51. The summed E-state index contributed by atoms with van der Waals surface area (Å²) in [5, 5.41) is 8.19. The molecule has 0 aromatic rings. The minimum atomic E-state index is -4.34. The van der Waals surface area contributed by atoms with E-state index in [1.165, 1.54) is 0 Å². The highest BCUT2D eigenvalue weighted by molar-refractivity contribution is 4.84. The lowest BCUT2D eigenvalue weighted by Gasteiger charge is -2.25. The standard InChI is InChI=1S/C5H8F4O/c1-3(10)5(8,9)4(2,6)7/h3,10H,1-2H3. The molecule has 0 saturated carbocycles. The van der Waals surface area contributed by atoms with Crippen LogP contribution in [0.3, 0.4) is 0 Å². The van der Waals surface area contributed by atoms with Gasteiger partial charge in [0.2, 0.25) is 0 Å². The van der Waals surface area contributed by atoms with Gasteiger partial charge in [-0.05, 0) is 6.92 Å². The summed E-state index contributed by atoms with van der Waals surface area (Å²) in [7, 11) is 0. The molecular weight excluding hydrogens is 152 g/mol. The van der Waals surface area contributed by atoms with E-state index >= 15 is 0 Å². The quantitative estimate of drug-likeness (QED) is 0.609. The van der Waals surface area contributed by atoms with Gasteiger partial charge in [0, 0.05) is 6.92 Å². The van der Waals surface area contributed by atoms with Gasteiger partial charge in [-0.15, -0.1) is 0 Å². The fourth-order valence-electron chi connectivity index (χ4n) is 0.367. The van der Waals surface area contributed by atoms with E-state index in [9.17, 15) is 17.6 Å². The van der Waals surface area contributed by atoms with E-state index in [0.717, 1.165) is 0 Å². The molecule has 0 aromatic carbocycles. The number of rotatable bonds is 2. The lowest BCUT2D eigenvalue weighted by molar-refractivity contribution is -0.240. The Morgan fingerprint density at radius 1 is 1.20 bits per heavy atom. The van der Waals surface area contributed by atoms with E-state index in [4.69, 9.17) is 5.11 Å². The summed E-state index contributed by atoms with van der Waals surface area (Å²) in [4.78, 5) is 0. The maximum atomic E-state index is 12.1. The van der Waals surface area contributed by atoms with Crippen molar-refractivity contribution in [3.63, 3.8) is 0 Å². The molecule has 0 aliphatic carbocycles. The second-order valence-electron chi connectivity index (χ2n) is 2.19. The minimum Gasteiger partial charge on any atom is -0.387 e. The van der Waals surface area contributed by atoms with Gasteiger partial charge < -0.3 is 5.11 Å². The first-order valence-electron chi connectivity index (χ1n) is 2.63. The van der Waals surface area contributed by atoms with Crippen molar-refractivity contribution >= 4 is 0 Å². The summed E-state index contributed by atoms with van der Waals surface area (Å²) < 4.78 is 47.8. The smallest absolute Gasteiger partial charge is 0.334 e. The zero-order chi connectivity index (χ0) is 8.58. The lowest BCUT2D eigenvalue weighted by atomic mass is 10.1. The highest BCUT2D eigenvalue weighted by Crippen LogP contribution is 2.36. The van der Waals surface area contributed by atoms with E-state index in [1.807, 2.05) is 0 Å². The summed E-state index contributed by atoms with van der Waals surface area (Å²) in [6.07, 6.45) is -2.33. The molecular formula is C5H8F4O. The van der Waals surface area contributed by atoms with Crippen LogP contribution in [0.25, 0.3) is 0 Å². The number of alkyl halides is 4. The topological polar surface area (TPSA) is 20.2 Å². The van der Waals surface area contributed by atoms with Gasteiger partial charge in [0.05, 0.1) is 0 Å². The number of hydrogen-bond acceptors (Lipinski definition) is 1. The SMILES string of the molecule is CC(O)C(F)(F)C(C)(F)F. The maximum absolute atomic E-state index is 12.1. The molecule has 0 fully saturated rings. The van der Waals surface area contributed by atoms with Crippen LogP contribution in [0.4, 0.5) is 17.6 Å². The maximum Gasteiger partial charge on any atom is 0.334 e. The second-order valence-corrected chi connectivity index (χ2v) is 2.19. The Kier molecular flexibility index (Phi) is 2.30. The van der Waals surface area contributed by atoms with Crippen LogP contribution in [0.15, 0.2) is 0 Å². The van der Waals surface area contributed by atoms with Crippen molar-refractivity contribution in [1.29, 1.82) is 0 Å². The van der Waals surface area contributed by atoms with Gasteiger partial charge in [-0.25, -0.2) is 8.78 Å². The van der Waals surface area contributed by atoms with Gasteiger partial charge in [-0.3, -0.25) is 0 Å². The van der Waals surface area contributed by atoms with Crippen molar-refractivity contribution in [2.24, 2.45) is 0 Å². The Morgan fingerprint density at radius 3 is 1.50 bits per heavy atom. The molecule has 0 aliphatic rings. The number of halogens is 4. The Morgan fingerprint density at radius 2 is 1.50 bits per heavy atom. The molecule has 1 nitrogen and oxygen atoms in total. The Bertz CT molecular complexity index is 115. The lowest BCUT2D eigenvalue weighted by Crippen LogP contribution is -2.46. The van der Waals surface area contributed by atoms with Crippen LogP contribution >= 0.6 is 0 Å². The first kappa shape index (κ1) is 9.68. The molecule has 0 rings (SSSR count). The molecule has 5 heteroatoms. The van der Waals surface area contributed by atoms with Crippen LogP contribution in [0.2, 0.25) is 0 Å². The summed E-state index contributed by atoms with van der Waals surface area (Å²) in [6.45, 7) is 0.692. The van der Waals surface area contributed by atoms with Crippen LogP contribution in [-0.2, 0) is 0 Å². The molecule has 0 radical (unpaired) electrons. The van der Waals surface area contributed by atoms with Gasteiger partial charge in [0.25, 0.3) is 0 Å². The predicted molar refractivity (Wildman–Crippen MR) is 27.2 cm³/mol. The van der Waals surface area contributed by atoms with E-state index in [0.29, 0.717) is 6.92 Å². The van der Waals surface area contributed by atoms with Crippen molar-refractivity contribution in [1.82, 2.24) is 0 Å². The third-order valence-electron chi connectivity index (χ3n) is 1.11. The van der Waals surface area contributed by atoms with Crippen LogP contribution < -0.4 is 0 Å². The number of aliphatic hydroxyl groups excluding tert-OH is 1. The van der Waals surface area contributed by atoms with Gasteiger partial charge in [-0.1, -0.05) is 0 Å². The van der Waals surface area contributed by atoms with Crippen molar-refractivity contribution in [2.45, 2.75) is 31.8 Å². The number of hydrogen-bond donors (Lipinski definition) is 1. The van der Waals surface area contributed by atoms with Crippen molar-refractivity contribution < 1.29 is 22.7 Å². The highest BCUT2D eigenvalue weighted by atomic mass is 19.3. The van der Waals surface area contributed by atoms with Crippen molar-refractivity contribution in [3.05, 3.63) is 0 Å². The number of aliphatic hydroxyl groups is 1. The molecule has 1 N–H and O–H groups in total. The average Bonchev–Trinajstić information content (AvgIpc) is 1.62. The van der Waals surface area contributed by atoms with Gasteiger partial charge >= 0.3 is 11.8 Å². The molecule has 0 spiro atoms. The van der Waals surface area contributed by atoms with Gasteiger partial charge in [-0.2, -0.15) is 8.78 Å². The normalized spacial score (nSPS) is 17.1. The fraction of sp³-hybridized carbons (Fsp3) is 1.00. The van der Waals surface area contributed by atoms with E-state index in [1.54, 1.807) is 0 Å². The molecule has 62 valence electrons. The van der Waals surface area contributed by atoms with Crippen molar-refractivity contribution in [2.75, 3.05) is 0 Å². The first-order valence-corrected chi connectivity index (χ1v) is 2.63. The zero-order valence-corrected chi connectivity index (χ0v) is 5.54. The molecule has 0 aromatic heterocycles. The van der Waals surface area contributed by atoms with E-state index in [-0.39, 0.29) is 6.92 Å². The minimum absolute atomic E-state index is 0.0692. The largest absolute Gasteiger partial charge is 0.387 e. The fourth-order valence-corrected chi connectivity index (χ4v) is 0.367. The van der Waals surface area contributed by atoms with E-state index < -0.39 is 17.9 Å². The van der Waals surface area contributed by atoms with Crippen LogP contribution in [0.1, 0.15) is 13.8 Å². The third kappa shape index (κ3) is 1.59. The third-order valence-corrected chi connectivity index (χ3v) is 1.11. The highest BCUT2D eigenvalue weighted by Gasteiger charge is 2.55. The van der Waals surface area contributed by atoms with Crippen molar-refractivity contribution in [3.8, 4) is 0 Å². The zero-order valence-electron chi connectivity index (χ0n) is 5.54. The molecule has 10 heavy (non-hydrogen) atoms. The Hall–Kier alpha value is -0.320. The summed E-state index contributed by atoms with van der Waals surface area (Å²) in [5.41, 5.74) is 0. The van der Waals surface area contributed by atoms with Gasteiger partial charge in [0.15, 0.2) is 0 Å². The monoisotopic (exact) mass is 160 g/mol. The summed E-state index contributed by atoms with van der Waals surface area (Å²) >= 11 is 0. The van der Waals surface area contributed by atoms with Crippen LogP contribution in [0, 0.1) is 0 Å². The molecule has 0 amide bonds. The van der Waals surface area contributed by atoms with Crippen LogP contribution in [-0.4, -0.2) is 23.1 Å². The molecule has 1 atom stereocenters. The molecule has 0 aliphatic heterocycles. The Balaban J connectivity index is 4.40. The van der Waals surface area contributed by atoms with Gasteiger partial charge in [0.1, 0.15) is 6.10 Å². The van der Waals surface area contributed by atoms with Crippen LogP contribution in [0.5, 0.6) is 0 Å².